The molecule has 29 heavy (non-hydrogen) atoms. The van der Waals surface area contributed by atoms with Crippen molar-refractivity contribution >= 4 is 17.6 Å². The van der Waals surface area contributed by atoms with Crippen molar-refractivity contribution in [3.8, 4) is 22.8 Å². The highest BCUT2D eigenvalue weighted by Gasteiger charge is 2.13. The van der Waals surface area contributed by atoms with Crippen molar-refractivity contribution < 1.29 is 9.47 Å². The van der Waals surface area contributed by atoms with Crippen molar-refractivity contribution in [2.45, 2.75) is 26.7 Å². The van der Waals surface area contributed by atoms with Gasteiger partial charge >= 0.3 is 0 Å². The molecule has 1 aromatic heterocycles. The minimum Gasteiger partial charge on any atom is -0.497 e. The Morgan fingerprint density at radius 3 is 2.45 bits per heavy atom. The van der Waals surface area contributed by atoms with Crippen molar-refractivity contribution in [3.63, 3.8) is 0 Å². The number of thiazole rings is 1. The molecule has 0 aliphatic rings. The molecule has 1 heterocycles. The average Bonchev–Trinajstić information content (AvgIpc) is 3.14. The van der Waals surface area contributed by atoms with Crippen LogP contribution in [-0.2, 0) is 0 Å². The first-order chi connectivity index (χ1) is 14.1. The van der Waals surface area contributed by atoms with Gasteiger partial charge in [-0.05, 0) is 36.1 Å². The van der Waals surface area contributed by atoms with Crippen LogP contribution in [-0.4, -0.2) is 31.7 Å². The van der Waals surface area contributed by atoms with E-state index in [0.717, 1.165) is 33.1 Å². The predicted molar refractivity (Wildman–Crippen MR) is 120 cm³/mol. The van der Waals surface area contributed by atoms with E-state index in [1.165, 1.54) is 5.56 Å². The van der Waals surface area contributed by atoms with E-state index < -0.39 is 0 Å². The van der Waals surface area contributed by atoms with Gasteiger partial charge in [0.1, 0.15) is 11.5 Å². The number of hydrogen-bond acceptors (Lipinski definition) is 5. The minimum absolute atomic E-state index is 0.510. The summed E-state index contributed by atoms with van der Waals surface area (Å²) in [6.45, 7) is 7.10. The summed E-state index contributed by atoms with van der Waals surface area (Å²) < 4.78 is 12.8. The van der Waals surface area contributed by atoms with Crippen LogP contribution >= 0.6 is 11.3 Å². The van der Waals surface area contributed by atoms with Crippen LogP contribution in [0.2, 0.25) is 0 Å². The molecule has 0 bridgehead atoms. The van der Waals surface area contributed by atoms with Crippen LogP contribution in [0.1, 0.15) is 37.8 Å². The molecule has 0 spiro atoms. The second kappa shape index (κ2) is 9.56. The van der Waals surface area contributed by atoms with Gasteiger partial charge in [0, 0.05) is 23.6 Å². The molecule has 152 valence electrons. The molecule has 5 nitrogen and oxygen atoms in total. The normalized spacial score (nSPS) is 12.1. The Kier molecular flexibility index (Phi) is 6.88. The molecule has 3 aromatic rings. The Labute approximate surface area is 176 Å². The standard InChI is InChI=1S/C23H27N3O2S/c1-6-24-23-26(25-14-17-7-9-18(10-8-17)16(2)3)21(15-29-23)20-12-11-19(27-4)13-22(20)28-5/h7-16H,6H2,1-5H3. The Bertz CT molecular complexity index is 1050. The third-order valence-electron chi connectivity index (χ3n) is 4.59. The Morgan fingerprint density at radius 2 is 1.83 bits per heavy atom. The summed E-state index contributed by atoms with van der Waals surface area (Å²) in [5.41, 5.74) is 4.23. The second-order valence-electron chi connectivity index (χ2n) is 6.82. The Morgan fingerprint density at radius 1 is 1.07 bits per heavy atom. The zero-order valence-electron chi connectivity index (χ0n) is 17.5. The minimum atomic E-state index is 0.510. The van der Waals surface area contributed by atoms with E-state index >= 15 is 0 Å². The van der Waals surface area contributed by atoms with Crippen molar-refractivity contribution in [2.24, 2.45) is 10.1 Å². The number of nitrogens with zero attached hydrogens (tertiary/aromatic N) is 3. The third kappa shape index (κ3) is 4.77. The smallest absolute Gasteiger partial charge is 0.206 e. The first-order valence-electron chi connectivity index (χ1n) is 9.65. The van der Waals surface area contributed by atoms with Gasteiger partial charge in [-0.3, -0.25) is 4.99 Å². The topological polar surface area (TPSA) is 48.1 Å². The largest absolute Gasteiger partial charge is 0.497 e. The highest BCUT2D eigenvalue weighted by atomic mass is 32.1. The average molecular weight is 410 g/mol. The fraction of sp³-hybridized carbons (Fsp3) is 0.304. The van der Waals surface area contributed by atoms with Crippen molar-refractivity contribution in [1.82, 2.24) is 4.68 Å². The molecule has 0 fully saturated rings. The highest BCUT2D eigenvalue weighted by molar-refractivity contribution is 7.07. The molecule has 0 aliphatic carbocycles. The van der Waals surface area contributed by atoms with Gasteiger partial charge in [0.15, 0.2) is 0 Å². The van der Waals surface area contributed by atoms with E-state index in [2.05, 4.69) is 48.5 Å². The SMILES string of the molecule is CCN=c1scc(-c2ccc(OC)cc2OC)n1N=Cc1ccc(C(C)C)cc1. The van der Waals surface area contributed by atoms with E-state index in [1.54, 1.807) is 25.6 Å². The highest BCUT2D eigenvalue weighted by Crippen LogP contribution is 2.33. The maximum atomic E-state index is 5.59. The zero-order valence-corrected chi connectivity index (χ0v) is 18.4. The molecular weight excluding hydrogens is 382 g/mol. The summed E-state index contributed by atoms with van der Waals surface area (Å²) in [7, 11) is 3.30. The first kappa shape index (κ1) is 20.9. The van der Waals surface area contributed by atoms with E-state index in [4.69, 9.17) is 14.6 Å². The fourth-order valence-electron chi connectivity index (χ4n) is 2.94. The summed E-state index contributed by atoms with van der Waals surface area (Å²) in [6.07, 6.45) is 1.87. The number of hydrogen-bond donors (Lipinski definition) is 0. The van der Waals surface area contributed by atoms with Gasteiger partial charge in [-0.25, -0.2) is 4.68 Å². The molecule has 0 atom stereocenters. The maximum Gasteiger partial charge on any atom is 0.206 e. The molecule has 0 unspecified atom stereocenters. The lowest BCUT2D eigenvalue weighted by atomic mass is 10.0. The van der Waals surface area contributed by atoms with Crippen LogP contribution in [0.15, 0.2) is 57.9 Å². The van der Waals surface area contributed by atoms with Crippen LogP contribution in [0.5, 0.6) is 11.5 Å². The van der Waals surface area contributed by atoms with Crippen LogP contribution in [0.25, 0.3) is 11.3 Å². The van der Waals surface area contributed by atoms with Gasteiger partial charge in [0.25, 0.3) is 0 Å². The number of benzene rings is 2. The van der Waals surface area contributed by atoms with Crippen LogP contribution in [0.4, 0.5) is 0 Å². The lowest BCUT2D eigenvalue weighted by molar-refractivity contribution is 0.395. The van der Waals surface area contributed by atoms with E-state index in [-0.39, 0.29) is 0 Å². The van der Waals surface area contributed by atoms with E-state index in [9.17, 15) is 0 Å². The summed E-state index contributed by atoms with van der Waals surface area (Å²) >= 11 is 1.56. The van der Waals surface area contributed by atoms with Crippen LogP contribution in [0, 0.1) is 0 Å². The number of methoxy groups -OCH3 is 2. The molecule has 0 saturated heterocycles. The summed E-state index contributed by atoms with van der Waals surface area (Å²) in [6, 6.07) is 14.3. The Hall–Kier alpha value is -2.86. The fourth-order valence-corrected chi connectivity index (χ4v) is 3.83. The van der Waals surface area contributed by atoms with Gasteiger partial charge in [-0.15, -0.1) is 11.3 Å². The van der Waals surface area contributed by atoms with Gasteiger partial charge in [0.2, 0.25) is 4.80 Å². The predicted octanol–water partition coefficient (Wildman–Crippen LogP) is 5.16. The quantitative estimate of drug-likeness (QED) is 0.506. The lowest BCUT2D eigenvalue weighted by Crippen LogP contribution is -2.12. The van der Waals surface area contributed by atoms with Crippen molar-refractivity contribution in [3.05, 3.63) is 63.8 Å². The molecule has 2 aromatic carbocycles. The summed E-state index contributed by atoms with van der Waals surface area (Å²) in [5, 5.41) is 6.80. The zero-order chi connectivity index (χ0) is 20.8. The third-order valence-corrected chi connectivity index (χ3v) is 5.44. The lowest BCUT2D eigenvalue weighted by Gasteiger charge is -2.11. The Balaban J connectivity index is 2.05. The maximum absolute atomic E-state index is 5.59. The number of rotatable bonds is 7. The molecule has 6 heteroatoms. The monoisotopic (exact) mass is 409 g/mol. The number of aromatic nitrogens is 1. The number of ether oxygens (including phenoxy) is 2. The molecular formula is C23H27N3O2S. The second-order valence-corrected chi connectivity index (χ2v) is 7.66. The molecule has 0 aliphatic heterocycles. The van der Waals surface area contributed by atoms with Gasteiger partial charge in [-0.2, -0.15) is 5.10 Å². The molecule has 0 saturated carbocycles. The van der Waals surface area contributed by atoms with Gasteiger partial charge < -0.3 is 9.47 Å². The van der Waals surface area contributed by atoms with E-state index in [0.29, 0.717) is 12.5 Å². The molecule has 0 N–H and O–H groups in total. The van der Waals surface area contributed by atoms with Gasteiger partial charge in [-0.1, -0.05) is 38.1 Å². The molecule has 0 amide bonds. The molecule has 3 rings (SSSR count). The summed E-state index contributed by atoms with van der Waals surface area (Å²) in [4.78, 5) is 5.44. The molecule has 0 radical (unpaired) electrons. The summed E-state index contributed by atoms with van der Waals surface area (Å²) in [5.74, 6) is 1.99. The van der Waals surface area contributed by atoms with E-state index in [1.807, 2.05) is 36.0 Å². The van der Waals surface area contributed by atoms with Gasteiger partial charge in [0.05, 0.1) is 26.1 Å². The van der Waals surface area contributed by atoms with Crippen LogP contribution < -0.4 is 14.3 Å². The van der Waals surface area contributed by atoms with Crippen molar-refractivity contribution in [1.29, 1.82) is 0 Å². The van der Waals surface area contributed by atoms with Crippen molar-refractivity contribution in [2.75, 3.05) is 20.8 Å². The first-order valence-corrected chi connectivity index (χ1v) is 10.5. The van der Waals surface area contributed by atoms with Crippen LogP contribution in [0.3, 0.4) is 0 Å².